The van der Waals surface area contributed by atoms with Crippen molar-refractivity contribution in [3.05, 3.63) is 72.9 Å². The van der Waals surface area contributed by atoms with Crippen molar-refractivity contribution in [2.75, 3.05) is 13.2 Å². The highest BCUT2D eigenvalue weighted by Gasteiger charge is 2.19. The molecule has 0 saturated carbocycles. The summed E-state index contributed by atoms with van der Waals surface area (Å²) in [5.74, 6) is -0.966. The van der Waals surface area contributed by atoms with Gasteiger partial charge in [0.05, 0.1) is 0 Å². The van der Waals surface area contributed by atoms with Crippen molar-refractivity contribution >= 4 is 17.9 Å². The summed E-state index contributed by atoms with van der Waals surface area (Å²) in [6.45, 7) is 6.51. The summed E-state index contributed by atoms with van der Waals surface area (Å²) in [6, 6.07) is 0. The van der Waals surface area contributed by atoms with Crippen LogP contribution in [0.4, 0.5) is 0 Å². The van der Waals surface area contributed by atoms with Gasteiger partial charge in [0.15, 0.2) is 6.10 Å². The zero-order valence-electron chi connectivity index (χ0n) is 47.0. The van der Waals surface area contributed by atoms with Crippen molar-refractivity contribution in [2.45, 2.75) is 309 Å². The Morgan fingerprint density at radius 3 is 0.859 bits per heavy atom. The van der Waals surface area contributed by atoms with Crippen LogP contribution < -0.4 is 0 Å². The smallest absolute Gasteiger partial charge is 0.306 e. The first-order valence-electron chi connectivity index (χ1n) is 30.4. The molecule has 0 radical (unpaired) electrons. The average Bonchev–Trinajstić information content (AvgIpc) is 3.37. The van der Waals surface area contributed by atoms with Gasteiger partial charge in [0.2, 0.25) is 0 Å². The van der Waals surface area contributed by atoms with E-state index in [0.29, 0.717) is 19.3 Å². The van der Waals surface area contributed by atoms with Gasteiger partial charge in [0, 0.05) is 19.3 Å². The van der Waals surface area contributed by atoms with E-state index >= 15 is 0 Å². The second-order valence-corrected chi connectivity index (χ2v) is 20.2. The molecule has 0 N–H and O–H groups in total. The maximum absolute atomic E-state index is 12.9. The molecule has 410 valence electrons. The summed E-state index contributed by atoms with van der Waals surface area (Å²) >= 11 is 0. The van der Waals surface area contributed by atoms with Crippen LogP contribution in [0.1, 0.15) is 303 Å². The molecule has 6 nitrogen and oxygen atoms in total. The number of hydrogen-bond donors (Lipinski definition) is 0. The van der Waals surface area contributed by atoms with Gasteiger partial charge in [-0.25, -0.2) is 0 Å². The predicted octanol–water partition coefficient (Wildman–Crippen LogP) is 20.5. The maximum atomic E-state index is 12.9. The molecule has 0 amide bonds. The molecule has 0 aliphatic rings. The van der Waals surface area contributed by atoms with Crippen LogP contribution in [-0.2, 0) is 28.6 Å². The third kappa shape index (κ3) is 57.6. The Labute approximate surface area is 440 Å². The lowest BCUT2D eigenvalue weighted by atomic mass is 10.0. The lowest BCUT2D eigenvalue weighted by molar-refractivity contribution is -0.166. The topological polar surface area (TPSA) is 78.9 Å². The van der Waals surface area contributed by atoms with E-state index in [0.717, 1.165) is 77.0 Å². The van der Waals surface area contributed by atoms with Gasteiger partial charge in [-0.2, -0.15) is 0 Å². The highest BCUT2D eigenvalue weighted by atomic mass is 16.6. The first kappa shape index (κ1) is 67.8. The van der Waals surface area contributed by atoms with Crippen LogP contribution in [-0.4, -0.2) is 37.2 Å². The molecule has 0 rings (SSSR count). The number of rotatable bonds is 55. The third-order valence-corrected chi connectivity index (χ3v) is 13.2. The molecule has 0 bridgehead atoms. The fourth-order valence-electron chi connectivity index (χ4n) is 8.71. The Hall–Kier alpha value is -3.15. The number of carbonyl (C=O) groups excluding carboxylic acids is 3. The summed E-state index contributed by atoms with van der Waals surface area (Å²) in [6.07, 6.45) is 76.2. The Morgan fingerprint density at radius 1 is 0.296 bits per heavy atom. The summed E-state index contributed by atoms with van der Waals surface area (Å²) in [5, 5.41) is 0. The van der Waals surface area contributed by atoms with Crippen molar-refractivity contribution in [3.8, 4) is 0 Å². The average molecular weight is 992 g/mol. The van der Waals surface area contributed by atoms with Gasteiger partial charge < -0.3 is 14.2 Å². The summed E-state index contributed by atoms with van der Waals surface area (Å²) in [4.78, 5) is 38.2. The molecule has 0 fully saturated rings. The van der Waals surface area contributed by atoms with Gasteiger partial charge in [-0.15, -0.1) is 0 Å². The zero-order valence-corrected chi connectivity index (χ0v) is 47.0. The zero-order chi connectivity index (χ0) is 51.4. The van der Waals surface area contributed by atoms with Crippen LogP contribution >= 0.6 is 0 Å². The number of esters is 3. The Balaban J connectivity index is 4.45. The van der Waals surface area contributed by atoms with Crippen molar-refractivity contribution in [1.29, 1.82) is 0 Å². The van der Waals surface area contributed by atoms with E-state index in [1.807, 2.05) is 6.08 Å². The number of hydrogen-bond acceptors (Lipinski definition) is 6. The van der Waals surface area contributed by atoms with Gasteiger partial charge in [-0.1, -0.05) is 299 Å². The van der Waals surface area contributed by atoms with E-state index in [9.17, 15) is 14.4 Å². The molecule has 0 aliphatic carbocycles. The van der Waals surface area contributed by atoms with E-state index in [1.54, 1.807) is 0 Å². The molecule has 0 saturated heterocycles. The van der Waals surface area contributed by atoms with Gasteiger partial charge in [0.25, 0.3) is 0 Å². The minimum atomic E-state index is -0.803. The van der Waals surface area contributed by atoms with E-state index in [1.165, 1.54) is 180 Å². The van der Waals surface area contributed by atoms with Gasteiger partial charge in [-0.3, -0.25) is 14.4 Å². The predicted molar refractivity (Wildman–Crippen MR) is 307 cm³/mol. The van der Waals surface area contributed by atoms with Crippen molar-refractivity contribution in [2.24, 2.45) is 0 Å². The molecule has 1 atom stereocenters. The monoisotopic (exact) mass is 991 g/mol. The highest BCUT2D eigenvalue weighted by Crippen LogP contribution is 2.17. The lowest BCUT2D eigenvalue weighted by Gasteiger charge is -2.18. The van der Waals surface area contributed by atoms with Gasteiger partial charge >= 0.3 is 17.9 Å². The molecule has 0 aromatic heterocycles. The summed E-state index contributed by atoms with van der Waals surface area (Å²) in [5.41, 5.74) is 0. The van der Waals surface area contributed by atoms with Crippen LogP contribution in [0.25, 0.3) is 0 Å². The van der Waals surface area contributed by atoms with Crippen LogP contribution in [0.2, 0.25) is 0 Å². The number of unbranched alkanes of at least 4 members (excludes halogenated alkanes) is 32. The second kappa shape index (κ2) is 59.4. The SMILES string of the molecule is CC/C=C\C/C=C\C/C=C\C/C=C\C/C=C\C/C=C\CCC(=O)OC[C@H](COC(=O)CCCCCCCCCCCCCCCCCCC)OC(=O)CCCCCCCCCCCCCCCCCCC. The first-order chi connectivity index (χ1) is 35.0. The molecule has 0 aliphatic heterocycles. The quantitative estimate of drug-likeness (QED) is 0.0261. The fourth-order valence-corrected chi connectivity index (χ4v) is 8.71. The lowest BCUT2D eigenvalue weighted by Crippen LogP contribution is -2.30. The van der Waals surface area contributed by atoms with E-state index < -0.39 is 6.10 Å². The fraction of sp³-hybridized carbons (Fsp3) is 0.769. The van der Waals surface area contributed by atoms with Gasteiger partial charge in [0.1, 0.15) is 13.2 Å². The Bertz CT molecular complexity index is 1320. The molecule has 0 unspecified atom stereocenters. The van der Waals surface area contributed by atoms with Crippen LogP contribution in [0, 0.1) is 0 Å². The maximum Gasteiger partial charge on any atom is 0.306 e. The van der Waals surface area contributed by atoms with Crippen LogP contribution in [0.3, 0.4) is 0 Å². The Morgan fingerprint density at radius 2 is 0.549 bits per heavy atom. The third-order valence-electron chi connectivity index (χ3n) is 13.2. The van der Waals surface area contributed by atoms with Crippen LogP contribution in [0.15, 0.2) is 72.9 Å². The minimum Gasteiger partial charge on any atom is -0.462 e. The molecule has 0 aromatic carbocycles. The molecular weight excluding hydrogens is 877 g/mol. The largest absolute Gasteiger partial charge is 0.462 e. The van der Waals surface area contributed by atoms with E-state index in [2.05, 4.69) is 87.6 Å². The van der Waals surface area contributed by atoms with E-state index in [-0.39, 0.29) is 37.5 Å². The minimum absolute atomic E-state index is 0.0942. The van der Waals surface area contributed by atoms with Crippen molar-refractivity contribution in [3.63, 3.8) is 0 Å². The van der Waals surface area contributed by atoms with Gasteiger partial charge in [-0.05, 0) is 57.8 Å². The normalized spacial score (nSPS) is 12.5. The number of carbonyl (C=O) groups is 3. The molecule has 0 heterocycles. The first-order valence-corrected chi connectivity index (χ1v) is 30.4. The van der Waals surface area contributed by atoms with Crippen LogP contribution in [0.5, 0.6) is 0 Å². The standard InChI is InChI=1S/C65H114O6/c1-4-7-10-13-16-19-22-25-28-31-32-35-37-40-43-46-49-52-55-58-64(67)70-61-62(71-65(68)59-56-53-50-47-44-41-38-34-30-27-24-21-18-15-12-9-6-3)60-69-63(66)57-54-51-48-45-42-39-36-33-29-26-23-20-17-14-11-8-5-2/h7,10,16,19,25,28,32,35,40,43,49,52,62H,4-6,8-9,11-15,17-18,20-24,26-27,29-31,33-34,36-39,41-42,44-48,50-51,53-61H2,1-3H3/b10-7-,19-16-,28-25-,35-32-,43-40-,52-49-/t62-/m0/s1. The van der Waals surface area contributed by atoms with Crippen molar-refractivity contribution in [1.82, 2.24) is 0 Å². The molecule has 0 spiro atoms. The Kier molecular flexibility index (Phi) is 56.8. The van der Waals surface area contributed by atoms with Crippen molar-refractivity contribution < 1.29 is 28.6 Å². The number of ether oxygens (including phenoxy) is 3. The second-order valence-electron chi connectivity index (χ2n) is 20.2. The molecule has 6 heteroatoms. The van der Waals surface area contributed by atoms with E-state index in [4.69, 9.17) is 14.2 Å². The summed E-state index contributed by atoms with van der Waals surface area (Å²) in [7, 11) is 0. The summed E-state index contributed by atoms with van der Waals surface area (Å²) < 4.78 is 16.8. The number of allylic oxidation sites excluding steroid dienone is 12. The molecule has 71 heavy (non-hydrogen) atoms. The molecule has 0 aromatic rings. The highest BCUT2D eigenvalue weighted by molar-refractivity contribution is 5.71. The molecular formula is C65H114O6.